The summed E-state index contributed by atoms with van der Waals surface area (Å²) in [6, 6.07) is 14.8. The SMILES string of the molecule is O=C1NC(=O)C(Cc2ccc3cc(OCc4c(F)cccc4F)ccc3c2)S1. The Bertz CT molecular complexity index is 1070. The first-order valence-electron chi connectivity index (χ1n) is 8.59. The van der Waals surface area contributed by atoms with Gasteiger partial charge in [0.15, 0.2) is 0 Å². The largest absolute Gasteiger partial charge is 0.489 e. The molecule has 4 rings (SSSR count). The van der Waals surface area contributed by atoms with Crippen LogP contribution in [0.1, 0.15) is 11.1 Å². The van der Waals surface area contributed by atoms with Gasteiger partial charge >= 0.3 is 0 Å². The Morgan fingerprint density at radius 3 is 2.39 bits per heavy atom. The number of benzene rings is 3. The van der Waals surface area contributed by atoms with Crippen LogP contribution < -0.4 is 10.1 Å². The summed E-state index contributed by atoms with van der Waals surface area (Å²) in [6.45, 7) is -0.204. The van der Waals surface area contributed by atoms with Crippen molar-refractivity contribution in [2.24, 2.45) is 0 Å². The molecule has 1 fully saturated rings. The highest BCUT2D eigenvalue weighted by Gasteiger charge is 2.31. The average molecular weight is 399 g/mol. The van der Waals surface area contributed by atoms with Crippen molar-refractivity contribution in [1.82, 2.24) is 5.32 Å². The molecule has 4 nitrogen and oxygen atoms in total. The first-order valence-corrected chi connectivity index (χ1v) is 9.47. The van der Waals surface area contributed by atoms with E-state index in [-0.39, 0.29) is 23.3 Å². The maximum Gasteiger partial charge on any atom is 0.286 e. The van der Waals surface area contributed by atoms with Crippen molar-refractivity contribution < 1.29 is 23.1 Å². The zero-order valence-electron chi connectivity index (χ0n) is 14.6. The Labute approximate surface area is 163 Å². The number of hydrogen-bond acceptors (Lipinski definition) is 4. The summed E-state index contributed by atoms with van der Waals surface area (Å²) in [5, 5.41) is 3.39. The van der Waals surface area contributed by atoms with Gasteiger partial charge in [0.1, 0.15) is 24.0 Å². The molecule has 0 spiro atoms. The summed E-state index contributed by atoms with van der Waals surface area (Å²) in [7, 11) is 0. The summed E-state index contributed by atoms with van der Waals surface area (Å²) in [6.07, 6.45) is 0.461. The maximum atomic E-state index is 13.7. The van der Waals surface area contributed by atoms with Gasteiger partial charge in [-0.05, 0) is 47.0 Å². The number of amides is 2. The molecule has 142 valence electrons. The first-order chi connectivity index (χ1) is 13.5. The number of rotatable bonds is 5. The van der Waals surface area contributed by atoms with Crippen molar-refractivity contribution in [3.8, 4) is 5.75 Å². The molecule has 1 heterocycles. The van der Waals surface area contributed by atoms with E-state index in [1.54, 1.807) is 12.1 Å². The average Bonchev–Trinajstić information content (AvgIpc) is 2.98. The van der Waals surface area contributed by atoms with Crippen LogP contribution in [-0.2, 0) is 17.8 Å². The monoisotopic (exact) mass is 399 g/mol. The fourth-order valence-electron chi connectivity index (χ4n) is 3.06. The summed E-state index contributed by atoms with van der Waals surface area (Å²) in [4.78, 5) is 23.0. The van der Waals surface area contributed by atoms with E-state index in [1.807, 2.05) is 24.3 Å². The van der Waals surface area contributed by atoms with Gasteiger partial charge in [0, 0.05) is 0 Å². The number of imide groups is 1. The van der Waals surface area contributed by atoms with E-state index in [2.05, 4.69) is 5.32 Å². The summed E-state index contributed by atoms with van der Waals surface area (Å²) in [5.41, 5.74) is 0.830. The molecular weight excluding hydrogens is 384 g/mol. The van der Waals surface area contributed by atoms with E-state index < -0.39 is 16.9 Å². The lowest BCUT2D eigenvalue weighted by Gasteiger charge is -2.10. The van der Waals surface area contributed by atoms with Crippen LogP contribution in [0.4, 0.5) is 13.6 Å². The van der Waals surface area contributed by atoms with Gasteiger partial charge in [-0.2, -0.15) is 0 Å². The molecule has 1 aliphatic rings. The predicted octanol–water partition coefficient (Wildman–Crippen LogP) is 4.59. The van der Waals surface area contributed by atoms with Crippen molar-refractivity contribution >= 4 is 33.7 Å². The highest BCUT2D eigenvalue weighted by atomic mass is 32.2. The van der Waals surface area contributed by atoms with Crippen molar-refractivity contribution in [3.63, 3.8) is 0 Å². The number of nitrogens with one attached hydrogen (secondary N) is 1. The molecule has 1 unspecified atom stereocenters. The Morgan fingerprint density at radius 2 is 1.68 bits per heavy atom. The molecule has 0 radical (unpaired) electrons. The molecule has 7 heteroatoms. The number of fused-ring (bicyclic) bond motifs is 1. The van der Waals surface area contributed by atoms with Crippen LogP contribution in [-0.4, -0.2) is 16.4 Å². The predicted molar refractivity (Wildman–Crippen MR) is 103 cm³/mol. The highest BCUT2D eigenvalue weighted by Crippen LogP contribution is 2.27. The molecule has 3 aromatic carbocycles. The number of carbonyl (C=O) groups excluding carboxylic acids is 2. The number of thioether (sulfide) groups is 1. The van der Waals surface area contributed by atoms with Crippen molar-refractivity contribution in [2.75, 3.05) is 0 Å². The van der Waals surface area contributed by atoms with Gasteiger partial charge in [-0.3, -0.25) is 14.9 Å². The third-order valence-electron chi connectivity index (χ3n) is 4.51. The van der Waals surface area contributed by atoms with E-state index in [0.29, 0.717) is 12.2 Å². The highest BCUT2D eigenvalue weighted by molar-refractivity contribution is 8.15. The molecule has 0 aliphatic carbocycles. The molecule has 1 atom stereocenters. The number of ether oxygens (including phenoxy) is 1. The van der Waals surface area contributed by atoms with Gasteiger partial charge in [0.2, 0.25) is 5.91 Å². The van der Waals surface area contributed by atoms with Crippen LogP contribution in [0.2, 0.25) is 0 Å². The van der Waals surface area contributed by atoms with Crippen LogP contribution in [0.5, 0.6) is 5.75 Å². The number of halogens is 2. The third kappa shape index (κ3) is 3.84. The molecular formula is C21H15F2NO3S. The van der Waals surface area contributed by atoms with Crippen LogP contribution in [0.15, 0.2) is 54.6 Å². The van der Waals surface area contributed by atoms with Crippen LogP contribution in [0.3, 0.4) is 0 Å². The van der Waals surface area contributed by atoms with Crippen LogP contribution >= 0.6 is 11.8 Å². The molecule has 3 aromatic rings. The zero-order valence-corrected chi connectivity index (χ0v) is 15.4. The van der Waals surface area contributed by atoms with Crippen molar-refractivity contribution in [2.45, 2.75) is 18.3 Å². The fourth-order valence-corrected chi connectivity index (χ4v) is 3.92. The standard InChI is InChI=1S/C21H15F2NO3S/c22-17-2-1-3-18(23)16(17)11-27-15-7-6-13-8-12(4-5-14(13)10-15)9-19-20(25)24-21(26)28-19/h1-8,10,19H,9,11H2,(H,24,25,26). The van der Waals surface area contributed by atoms with E-state index in [9.17, 15) is 18.4 Å². The minimum atomic E-state index is -0.641. The van der Waals surface area contributed by atoms with E-state index >= 15 is 0 Å². The van der Waals surface area contributed by atoms with Gasteiger partial charge in [-0.1, -0.05) is 42.1 Å². The molecule has 1 saturated heterocycles. The van der Waals surface area contributed by atoms with E-state index in [4.69, 9.17) is 4.74 Å². The van der Waals surface area contributed by atoms with Gasteiger partial charge in [-0.15, -0.1) is 0 Å². The minimum absolute atomic E-state index is 0.111. The molecule has 0 saturated carbocycles. The first kappa shape index (κ1) is 18.4. The van der Waals surface area contributed by atoms with Gasteiger partial charge in [-0.25, -0.2) is 8.78 Å². The fraction of sp³-hybridized carbons (Fsp3) is 0.143. The van der Waals surface area contributed by atoms with Crippen molar-refractivity contribution in [1.29, 1.82) is 0 Å². The Morgan fingerprint density at radius 1 is 0.964 bits per heavy atom. The Balaban J connectivity index is 1.49. The zero-order chi connectivity index (χ0) is 19.7. The Hall–Kier alpha value is -2.93. The maximum absolute atomic E-state index is 13.7. The molecule has 28 heavy (non-hydrogen) atoms. The molecule has 1 N–H and O–H groups in total. The molecule has 0 bridgehead atoms. The lowest BCUT2D eigenvalue weighted by Crippen LogP contribution is -2.25. The van der Waals surface area contributed by atoms with Gasteiger partial charge in [0.05, 0.1) is 10.8 Å². The van der Waals surface area contributed by atoms with Crippen LogP contribution in [0.25, 0.3) is 10.8 Å². The summed E-state index contributed by atoms with van der Waals surface area (Å²) < 4.78 is 32.9. The normalized spacial score (nSPS) is 16.4. The summed E-state index contributed by atoms with van der Waals surface area (Å²) in [5.74, 6) is -1.05. The van der Waals surface area contributed by atoms with Gasteiger partial charge < -0.3 is 4.74 Å². The van der Waals surface area contributed by atoms with E-state index in [1.165, 1.54) is 18.2 Å². The number of hydrogen-bond donors (Lipinski definition) is 1. The van der Waals surface area contributed by atoms with Crippen molar-refractivity contribution in [3.05, 3.63) is 77.4 Å². The summed E-state index contributed by atoms with van der Waals surface area (Å²) >= 11 is 1.00. The van der Waals surface area contributed by atoms with Gasteiger partial charge in [0.25, 0.3) is 5.24 Å². The second-order valence-electron chi connectivity index (χ2n) is 6.42. The minimum Gasteiger partial charge on any atom is -0.489 e. The quantitative estimate of drug-likeness (QED) is 0.682. The second-order valence-corrected chi connectivity index (χ2v) is 7.60. The van der Waals surface area contributed by atoms with E-state index in [0.717, 1.165) is 28.1 Å². The second kappa shape index (κ2) is 7.59. The Kier molecular flexibility index (Phi) is 5.00. The molecule has 0 aromatic heterocycles. The third-order valence-corrected chi connectivity index (χ3v) is 5.49. The smallest absolute Gasteiger partial charge is 0.286 e. The molecule has 2 amide bonds. The van der Waals surface area contributed by atoms with Crippen LogP contribution in [0, 0.1) is 11.6 Å². The molecule has 1 aliphatic heterocycles. The topological polar surface area (TPSA) is 55.4 Å². The lowest BCUT2D eigenvalue weighted by molar-refractivity contribution is -0.118. The lowest BCUT2D eigenvalue weighted by atomic mass is 10.0. The number of carbonyl (C=O) groups is 2.